The van der Waals surface area contributed by atoms with Gasteiger partial charge in [0.25, 0.3) is 5.56 Å². The van der Waals surface area contributed by atoms with Crippen molar-refractivity contribution < 1.29 is 9.53 Å². The van der Waals surface area contributed by atoms with Gasteiger partial charge in [-0.1, -0.05) is 65.3 Å². The minimum atomic E-state index is -0.915. The highest BCUT2D eigenvalue weighted by Gasteiger charge is 2.22. The number of carbonyl (C=O) groups excluding carboxylic acids is 1. The lowest BCUT2D eigenvalue weighted by molar-refractivity contribution is -0.148. The van der Waals surface area contributed by atoms with Gasteiger partial charge in [-0.05, 0) is 24.6 Å². The lowest BCUT2D eigenvalue weighted by Gasteiger charge is -2.13. The van der Waals surface area contributed by atoms with E-state index in [2.05, 4.69) is 10.3 Å². The first-order valence-corrected chi connectivity index (χ1v) is 10.1. The topological polar surface area (TPSA) is 74.1 Å². The number of halogens is 1. The molecule has 0 N–H and O–H groups in total. The van der Waals surface area contributed by atoms with Crippen molar-refractivity contribution in [3.8, 4) is 10.4 Å². The fraction of sp³-hybridized carbons (Fsp3) is 0.143. The fourth-order valence-corrected chi connectivity index (χ4v) is 4.01. The largest absolute Gasteiger partial charge is 0.459 e. The van der Waals surface area contributed by atoms with Crippen molar-refractivity contribution in [1.29, 1.82) is 0 Å². The molecule has 8 heteroatoms. The summed E-state index contributed by atoms with van der Waals surface area (Å²) in [6.07, 6.45) is 0. The van der Waals surface area contributed by atoms with Crippen molar-refractivity contribution in [1.82, 2.24) is 15.0 Å². The number of hydrogen-bond acceptors (Lipinski definition) is 6. The van der Waals surface area contributed by atoms with Crippen LogP contribution in [0.3, 0.4) is 0 Å². The van der Waals surface area contributed by atoms with Crippen molar-refractivity contribution in [3.63, 3.8) is 0 Å². The molecule has 4 rings (SSSR count). The number of aromatic nitrogens is 3. The van der Waals surface area contributed by atoms with Gasteiger partial charge in [0.1, 0.15) is 6.61 Å². The molecule has 29 heavy (non-hydrogen) atoms. The number of carbonyl (C=O) groups is 1. The molecule has 0 aliphatic heterocycles. The summed E-state index contributed by atoms with van der Waals surface area (Å²) in [5.41, 5.74) is 1.30. The summed E-state index contributed by atoms with van der Waals surface area (Å²) in [6, 6.07) is 17.7. The summed E-state index contributed by atoms with van der Waals surface area (Å²) >= 11 is 7.46. The summed E-state index contributed by atoms with van der Waals surface area (Å²) < 4.78 is 6.37. The van der Waals surface area contributed by atoms with Crippen LogP contribution in [0.5, 0.6) is 0 Å². The third-order valence-corrected chi connectivity index (χ3v) is 5.91. The van der Waals surface area contributed by atoms with E-state index >= 15 is 0 Å². The monoisotopic (exact) mass is 425 g/mol. The van der Waals surface area contributed by atoms with E-state index in [0.29, 0.717) is 20.8 Å². The molecule has 146 valence electrons. The Labute approximate surface area is 175 Å². The number of rotatable bonds is 5. The summed E-state index contributed by atoms with van der Waals surface area (Å²) in [5, 5.41) is 9.01. The molecule has 0 amide bonds. The number of esters is 1. The van der Waals surface area contributed by atoms with Crippen molar-refractivity contribution in [2.24, 2.45) is 0 Å². The molecule has 0 aliphatic rings. The lowest BCUT2D eigenvalue weighted by Crippen LogP contribution is -2.31. The van der Waals surface area contributed by atoms with Crippen LogP contribution in [-0.4, -0.2) is 21.0 Å². The van der Waals surface area contributed by atoms with Crippen molar-refractivity contribution in [2.45, 2.75) is 19.6 Å². The van der Waals surface area contributed by atoms with Gasteiger partial charge in [-0.25, -0.2) is 4.79 Å². The third kappa shape index (κ3) is 3.92. The molecule has 0 aliphatic carbocycles. The zero-order valence-electron chi connectivity index (χ0n) is 15.4. The highest BCUT2D eigenvalue weighted by Crippen LogP contribution is 2.30. The second-order valence-electron chi connectivity index (χ2n) is 6.41. The molecule has 0 bridgehead atoms. The Morgan fingerprint density at radius 1 is 1.17 bits per heavy atom. The molecular weight excluding hydrogens is 410 g/mol. The van der Waals surface area contributed by atoms with E-state index < -0.39 is 12.0 Å². The first-order valence-electron chi connectivity index (χ1n) is 8.89. The fourth-order valence-electron chi connectivity index (χ4n) is 2.84. The molecule has 2 aromatic heterocycles. The molecule has 0 spiro atoms. The van der Waals surface area contributed by atoms with Gasteiger partial charge < -0.3 is 4.74 Å². The number of hydrogen-bond donors (Lipinski definition) is 0. The normalized spacial score (nSPS) is 12.1. The highest BCUT2D eigenvalue weighted by atomic mass is 35.5. The lowest BCUT2D eigenvalue weighted by atomic mass is 10.2. The molecule has 1 atom stereocenters. The maximum Gasteiger partial charge on any atom is 0.331 e. The molecule has 0 saturated heterocycles. The number of thiophene rings is 1. The van der Waals surface area contributed by atoms with Gasteiger partial charge in [0, 0.05) is 15.5 Å². The van der Waals surface area contributed by atoms with E-state index in [0.717, 1.165) is 15.1 Å². The number of nitrogens with zero attached hydrogens (tertiary/aromatic N) is 3. The van der Waals surface area contributed by atoms with Crippen molar-refractivity contribution in [2.75, 3.05) is 0 Å². The Morgan fingerprint density at radius 3 is 2.66 bits per heavy atom. The molecule has 4 aromatic rings. The maximum absolute atomic E-state index is 12.9. The predicted molar refractivity (Wildman–Crippen MR) is 113 cm³/mol. The van der Waals surface area contributed by atoms with Gasteiger partial charge in [0.15, 0.2) is 10.9 Å². The minimum absolute atomic E-state index is 0.0177. The smallest absolute Gasteiger partial charge is 0.331 e. The van der Waals surface area contributed by atoms with Crippen LogP contribution in [0.2, 0.25) is 5.02 Å². The Hall–Kier alpha value is -3.03. The van der Waals surface area contributed by atoms with Crippen LogP contribution < -0.4 is 5.56 Å². The zero-order chi connectivity index (χ0) is 20.4. The number of ether oxygens (including phenoxy) is 1. The molecule has 2 heterocycles. The van der Waals surface area contributed by atoms with E-state index in [9.17, 15) is 9.59 Å². The van der Waals surface area contributed by atoms with Gasteiger partial charge in [-0.3, -0.25) is 4.79 Å². The van der Waals surface area contributed by atoms with E-state index in [1.165, 1.54) is 11.3 Å². The quantitative estimate of drug-likeness (QED) is 0.441. The first-order chi connectivity index (χ1) is 14.0. The van der Waals surface area contributed by atoms with Crippen LogP contribution >= 0.6 is 22.9 Å². The van der Waals surface area contributed by atoms with Crippen LogP contribution in [0.15, 0.2) is 65.5 Å². The van der Waals surface area contributed by atoms with Crippen molar-refractivity contribution in [3.05, 3.63) is 81.6 Å². The average molecular weight is 426 g/mol. The number of fused-ring (bicyclic) bond motifs is 1. The zero-order valence-corrected chi connectivity index (χ0v) is 17.0. The summed E-state index contributed by atoms with van der Waals surface area (Å²) in [7, 11) is 0. The van der Waals surface area contributed by atoms with Crippen LogP contribution in [0.1, 0.15) is 18.5 Å². The standard InChI is InChI=1S/C21H16ClN3O3S/c1-13(21(27)28-12-15-9-5-6-10-17(15)22)25-20(26)16-11-18(29-19(16)23-24-25)14-7-3-2-4-8-14/h2-11,13H,12H2,1H3. The second kappa shape index (κ2) is 8.14. The Morgan fingerprint density at radius 2 is 1.90 bits per heavy atom. The third-order valence-electron chi connectivity index (χ3n) is 4.48. The summed E-state index contributed by atoms with van der Waals surface area (Å²) in [4.78, 5) is 26.8. The molecule has 0 saturated carbocycles. The summed E-state index contributed by atoms with van der Waals surface area (Å²) in [5.74, 6) is -0.584. The highest BCUT2D eigenvalue weighted by molar-refractivity contribution is 7.21. The first kappa shape index (κ1) is 19.3. The SMILES string of the molecule is CC(C(=O)OCc1ccccc1Cl)n1nnc2sc(-c3ccccc3)cc2c1=O. The second-order valence-corrected chi connectivity index (χ2v) is 7.85. The van der Waals surface area contributed by atoms with E-state index in [1.807, 2.05) is 36.4 Å². The van der Waals surface area contributed by atoms with Gasteiger partial charge >= 0.3 is 5.97 Å². The molecule has 0 fully saturated rings. The van der Waals surface area contributed by atoms with Crippen LogP contribution in [0, 0.1) is 0 Å². The molecule has 2 aromatic carbocycles. The van der Waals surface area contributed by atoms with Crippen LogP contribution in [-0.2, 0) is 16.1 Å². The summed E-state index contributed by atoms with van der Waals surface area (Å²) in [6.45, 7) is 1.57. The Kier molecular flexibility index (Phi) is 5.42. The predicted octanol–water partition coefficient (Wildman–Crippen LogP) is 4.48. The van der Waals surface area contributed by atoms with E-state index in [1.54, 1.807) is 31.2 Å². The molecule has 6 nitrogen and oxygen atoms in total. The maximum atomic E-state index is 12.9. The van der Waals surface area contributed by atoms with Crippen molar-refractivity contribution >= 4 is 39.1 Å². The minimum Gasteiger partial charge on any atom is -0.459 e. The van der Waals surface area contributed by atoms with Crippen LogP contribution in [0.4, 0.5) is 0 Å². The average Bonchev–Trinajstić information content (AvgIpc) is 3.19. The Bertz CT molecular complexity index is 1240. The van der Waals surface area contributed by atoms with Gasteiger partial charge in [0.2, 0.25) is 0 Å². The van der Waals surface area contributed by atoms with Gasteiger partial charge in [-0.2, -0.15) is 4.68 Å². The van der Waals surface area contributed by atoms with E-state index in [4.69, 9.17) is 16.3 Å². The van der Waals surface area contributed by atoms with Gasteiger partial charge in [0.05, 0.1) is 5.39 Å². The Balaban J connectivity index is 1.58. The van der Waals surface area contributed by atoms with Crippen LogP contribution in [0.25, 0.3) is 20.7 Å². The van der Waals surface area contributed by atoms with E-state index in [-0.39, 0.29) is 12.2 Å². The molecule has 1 unspecified atom stereocenters. The molecule has 0 radical (unpaired) electrons. The molecular formula is C21H16ClN3O3S. The number of benzene rings is 2. The van der Waals surface area contributed by atoms with Gasteiger partial charge in [-0.15, -0.1) is 16.4 Å².